The fourth-order valence-electron chi connectivity index (χ4n) is 0.776. The minimum absolute atomic E-state index is 0.330. The summed E-state index contributed by atoms with van der Waals surface area (Å²) in [4.78, 5) is 0. The van der Waals surface area contributed by atoms with Crippen molar-refractivity contribution in [1.82, 2.24) is 0 Å². The zero-order chi connectivity index (χ0) is 12.5. The van der Waals surface area contributed by atoms with E-state index in [0.29, 0.717) is 0 Å². The molecule has 92 valence electrons. The highest BCUT2D eigenvalue weighted by Crippen LogP contribution is 2.48. The lowest BCUT2D eigenvalue weighted by molar-refractivity contribution is -0.358. The molecule has 0 bridgehead atoms. The van der Waals surface area contributed by atoms with Gasteiger partial charge >= 0.3 is 18.0 Å². The Morgan fingerprint density at radius 1 is 1.00 bits per heavy atom. The van der Waals surface area contributed by atoms with Gasteiger partial charge in [0, 0.05) is 6.42 Å². The number of halogens is 7. The summed E-state index contributed by atoms with van der Waals surface area (Å²) in [5, 5.41) is 8.64. The van der Waals surface area contributed by atoms with E-state index in [4.69, 9.17) is 5.11 Å². The molecule has 0 fully saturated rings. The Kier molecular flexibility index (Phi) is 4.00. The molecule has 0 saturated heterocycles. The Bertz CT molecular complexity index is 210. The van der Waals surface area contributed by atoms with Crippen LogP contribution in [0, 0.1) is 0 Å². The van der Waals surface area contributed by atoms with E-state index in [2.05, 4.69) is 0 Å². The molecule has 1 atom stereocenters. The van der Waals surface area contributed by atoms with Gasteiger partial charge in [0.25, 0.3) is 0 Å². The van der Waals surface area contributed by atoms with Crippen molar-refractivity contribution in [2.75, 3.05) is 0 Å². The molecule has 0 aliphatic heterocycles. The highest BCUT2D eigenvalue weighted by molar-refractivity contribution is 4.92. The quantitative estimate of drug-likeness (QED) is 0.751. The molecule has 0 radical (unpaired) electrons. The Morgan fingerprint density at radius 3 is 1.67 bits per heavy atom. The van der Waals surface area contributed by atoms with Crippen LogP contribution in [0.2, 0.25) is 0 Å². The second-order valence-electron chi connectivity index (χ2n) is 3.04. The van der Waals surface area contributed by atoms with E-state index >= 15 is 0 Å². The molecule has 0 aromatic heterocycles. The third-order valence-electron chi connectivity index (χ3n) is 1.78. The van der Waals surface area contributed by atoms with Crippen LogP contribution in [-0.4, -0.2) is 29.2 Å². The van der Waals surface area contributed by atoms with Crippen molar-refractivity contribution in [1.29, 1.82) is 0 Å². The topological polar surface area (TPSA) is 20.2 Å². The van der Waals surface area contributed by atoms with E-state index in [1.807, 2.05) is 0 Å². The maximum atomic E-state index is 12.5. The number of hydrogen-bond donors (Lipinski definition) is 1. The highest BCUT2D eigenvalue weighted by atomic mass is 19.4. The monoisotopic (exact) mass is 242 g/mol. The van der Waals surface area contributed by atoms with Gasteiger partial charge in [0.05, 0.1) is 6.10 Å². The lowest BCUT2D eigenvalue weighted by atomic mass is 10.0. The average Bonchev–Trinajstić information content (AvgIpc) is 2.00. The Labute approximate surface area is 80.9 Å². The standard InChI is InChI=1S/C7H9F7O/c1-2-4(15)3-5(8,9)6(10,11)7(12,13)14/h4,15H,2-3H2,1H3. The molecule has 0 aromatic rings. The summed E-state index contributed by atoms with van der Waals surface area (Å²) in [6.45, 7) is 1.19. The normalized spacial score (nSPS) is 16.6. The molecule has 0 aliphatic rings. The van der Waals surface area contributed by atoms with Crippen LogP contribution in [0.25, 0.3) is 0 Å². The van der Waals surface area contributed by atoms with Gasteiger partial charge in [-0.05, 0) is 6.42 Å². The molecular weight excluding hydrogens is 233 g/mol. The van der Waals surface area contributed by atoms with Gasteiger partial charge < -0.3 is 5.11 Å². The molecule has 0 aromatic carbocycles. The predicted octanol–water partition coefficient (Wildman–Crippen LogP) is 2.98. The van der Waals surface area contributed by atoms with Crippen molar-refractivity contribution in [3.63, 3.8) is 0 Å². The highest BCUT2D eigenvalue weighted by Gasteiger charge is 2.72. The summed E-state index contributed by atoms with van der Waals surface area (Å²) < 4.78 is 84.2. The lowest BCUT2D eigenvalue weighted by Gasteiger charge is -2.29. The number of aliphatic hydroxyl groups is 1. The Hall–Kier alpha value is -0.530. The van der Waals surface area contributed by atoms with E-state index in [9.17, 15) is 30.7 Å². The average molecular weight is 242 g/mol. The van der Waals surface area contributed by atoms with Gasteiger partial charge in [0.1, 0.15) is 0 Å². The molecule has 0 saturated carbocycles. The predicted molar refractivity (Wildman–Crippen MR) is 36.9 cm³/mol. The smallest absolute Gasteiger partial charge is 0.393 e. The van der Waals surface area contributed by atoms with Gasteiger partial charge in [0.15, 0.2) is 0 Å². The second kappa shape index (κ2) is 4.15. The third-order valence-corrected chi connectivity index (χ3v) is 1.78. The van der Waals surface area contributed by atoms with Crippen molar-refractivity contribution in [2.45, 2.75) is 43.9 Å². The van der Waals surface area contributed by atoms with Crippen molar-refractivity contribution < 1.29 is 35.8 Å². The van der Waals surface area contributed by atoms with Crippen molar-refractivity contribution in [3.8, 4) is 0 Å². The first-order valence-corrected chi connectivity index (χ1v) is 3.96. The zero-order valence-electron chi connectivity index (χ0n) is 7.58. The van der Waals surface area contributed by atoms with Crippen molar-refractivity contribution in [3.05, 3.63) is 0 Å². The lowest BCUT2D eigenvalue weighted by Crippen LogP contribution is -2.53. The molecule has 1 N–H and O–H groups in total. The summed E-state index contributed by atoms with van der Waals surface area (Å²) in [7, 11) is 0. The third kappa shape index (κ3) is 2.96. The van der Waals surface area contributed by atoms with Crippen LogP contribution in [0.1, 0.15) is 19.8 Å². The first-order chi connectivity index (χ1) is 6.45. The molecule has 1 unspecified atom stereocenters. The largest absolute Gasteiger partial charge is 0.459 e. The molecule has 0 amide bonds. The van der Waals surface area contributed by atoms with Crippen LogP contribution < -0.4 is 0 Å². The summed E-state index contributed by atoms with van der Waals surface area (Å²) >= 11 is 0. The molecule has 0 rings (SSSR count). The van der Waals surface area contributed by atoms with Crippen LogP contribution in [0.15, 0.2) is 0 Å². The summed E-state index contributed by atoms with van der Waals surface area (Å²) in [6, 6.07) is 0. The molecule has 0 heterocycles. The maximum Gasteiger partial charge on any atom is 0.459 e. The second-order valence-corrected chi connectivity index (χ2v) is 3.04. The van der Waals surface area contributed by atoms with Crippen LogP contribution in [0.3, 0.4) is 0 Å². The van der Waals surface area contributed by atoms with Crippen molar-refractivity contribution in [2.24, 2.45) is 0 Å². The van der Waals surface area contributed by atoms with Gasteiger partial charge in [-0.15, -0.1) is 0 Å². The SMILES string of the molecule is CCC(O)CC(F)(F)C(F)(F)C(F)(F)F. The van der Waals surface area contributed by atoms with E-state index in [0.717, 1.165) is 0 Å². The number of hydrogen-bond acceptors (Lipinski definition) is 1. The van der Waals surface area contributed by atoms with Crippen LogP contribution >= 0.6 is 0 Å². The van der Waals surface area contributed by atoms with Gasteiger partial charge in [0.2, 0.25) is 0 Å². The first-order valence-electron chi connectivity index (χ1n) is 3.96. The molecule has 1 nitrogen and oxygen atoms in total. The minimum Gasteiger partial charge on any atom is -0.393 e. The van der Waals surface area contributed by atoms with Gasteiger partial charge in [-0.25, -0.2) is 0 Å². The van der Waals surface area contributed by atoms with Gasteiger partial charge in [-0.1, -0.05) is 6.92 Å². The molecule has 0 aliphatic carbocycles. The molecule has 15 heavy (non-hydrogen) atoms. The Balaban J connectivity index is 4.85. The van der Waals surface area contributed by atoms with Crippen LogP contribution in [-0.2, 0) is 0 Å². The maximum absolute atomic E-state index is 12.5. The molecular formula is C7H9F7O. The van der Waals surface area contributed by atoms with Crippen LogP contribution in [0.4, 0.5) is 30.7 Å². The summed E-state index contributed by atoms with van der Waals surface area (Å²) in [5.41, 5.74) is 0. The van der Waals surface area contributed by atoms with E-state index < -0.39 is 30.5 Å². The van der Waals surface area contributed by atoms with E-state index in [-0.39, 0.29) is 6.42 Å². The number of alkyl halides is 7. The number of aliphatic hydroxyl groups excluding tert-OH is 1. The zero-order valence-corrected chi connectivity index (χ0v) is 7.58. The molecule has 8 heteroatoms. The van der Waals surface area contributed by atoms with Crippen molar-refractivity contribution >= 4 is 0 Å². The van der Waals surface area contributed by atoms with Gasteiger partial charge in [-0.3, -0.25) is 0 Å². The number of rotatable bonds is 4. The summed E-state index contributed by atoms with van der Waals surface area (Å²) in [5.74, 6) is -11.4. The summed E-state index contributed by atoms with van der Waals surface area (Å²) in [6.07, 6.45) is -10.5. The minimum atomic E-state index is -6.33. The fourth-order valence-corrected chi connectivity index (χ4v) is 0.776. The van der Waals surface area contributed by atoms with Gasteiger partial charge in [-0.2, -0.15) is 30.7 Å². The first kappa shape index (κ1) is 14.5. The molecule has 0 spiro atoms. The Morgan fingerprint density at radius 2 is 1.40 bits per heavy atom. The fraction of sp³-hybridized carbons (Fsp3) is 1.00. The van der Waals surface area contributed by atoms with E-state index in [1.165, 1.54) is 6.92 Å². The van der Waals surface area contributed by atoms with E-state index in [1.54, 1.807) is 0 Å². The van der Waals surface area contributed by atoms with Crippen LogP contribution in [0.5, 0.6) is 0 Å².